The first-order valence-electron chi connectivity index (χ1n) is 6.86. The van der Waals surface area contributed by atoms with Gasteiger partial charge < -0.3 is 4.42 Å². The van der Waals surface area contributed by atoms with Gasteiger partial charge in [-0.3, -0.25) is 4.40 Å². The van der Waals surface area contributed by atoms with E-state index in [4.69, 9.17) is 27.6 Å². The molecule has 0 atom stereocenters. The van der Waals surface area contributed by atoms with E-state index in [0.717, 1.165) is 22.6 Å². The van der Waals surface area contributed by atoms with Gasteiger partial charge in [0, 0.05) is 16.8 Å². The second kappa shape index (κ2) is 5.37. The number of hydrogen-bond acceptors (Lipinski definition) is 4. The smallest absolute Gasteiger partial charge is 0.266 e. The Kier molecular flexibility index (Phi) is 3.32. The van der Waals surface area contributed by atoms with Crippen molar-refractivity contribution in [3.63, 3.8) is 0 Å². The monoisotopic (exact) mass is 344 g/mol. The predicted octanol–water partition coefficient (Wildman–Crippen LogP) is 4.67. The van der Waals surface area contributed by atoms with Crippen LogP contribution < -0.4 is 0 Å². The van der Waals surface area contributed by atoms with Gasteiger partial charge in [0.2, 0.25) is 5.89 Å². The van der Waals surface area contributed by atoms with E-state index in [2.05, 4.69) is 15.2 Å². The average Bonchev–Trinajstić information content (AvgIpc) is 3.11. The highest BCUT2D eigenvalue weighted by Gasteiger charge is 2.18. The lowest BCUT2D eigenvalue weighted by Crippen LogP contribution is -1.89. The molecule has 0 unspecified atom stereocenters. The molecule has 0 aliphatic rings. The molecule has 0 aliphatic heterocycles. The van der Waals surface area contributed by atoms with Crippen LogP contribution in [0.1, 0.15) is 5.69 Å². The van der Waals surface area contributed by atoms with E-state index >= 15 is 0 Å². The van der Waals surface area contributed by atoms with Crippen molar-refractivity contribution in [2.24, 2.45) is 0 Å². The minimum atomic E-state index is 0.391. The maximum atomic E-state index is 6.08. The quantitative estimate of drug-likeness (QED) is 0.530. The van der Waals surface area contributed by atoms with Crippen LogP contribution in [0.5, 0.6) is 0 Å². The normalized spacial score (nSPS) is 11.3. The van der Waals surface area contributed by atoms with Gasteiger partial charge in [-0.05, 0) is 43.3 Å². The summed E-state index contributed by atoms with van der Waals surface area (Å²) in [6.45, 7) is 1.89. The highest BCUT2D eigenvalue weighted by Crippen LogP contribution is 2.28. The second-order valence-electron chi connectivity index (χ2n) is 5.04. The van der Waals surface area contributed by atoms with Crippen molar-refractivity contribution >= 4 is 28.8 Å². The molecule has 0 fully saturated rings. The van der Waals surface area contributed by atoms with Gasteiger partial charge in [-0.2, -0.15) is 0 Å². The fourth-order valence-electron chi connectivity index (χ4n) is 2.42. The van der Waals surface area contributed by atoms with Crippen molar-refractivity contribution in [1.82, 2.24) is 19.6 Å². The molecule has 3 heterocycles. The van der Waals surface area contributed by atoms with Crippen molar-refractivity contribution in [2.75, 3.05) is 0 Å². The lowest BCUT2D eigenvalue weighted by atomic mass is 10.2. The molecule has 7 heteroatoms. The van der Waals surface area contributed by atoms with Gasteiger partial charge in [0.05, 0.1) is 10.7 Å². The lowest BCUT2D eigenvalue weighted by molar-refractivity contribution is 0.581. The van der Waals surface area contributed by atoms with Gasteiger partial charge in [0.1, 0.15) is 11.3 Å². The number of imidazole rings is 1. The molecule has 5 nitrogen and oxygen atoms in total. The van der Waals surface area contributed by atoms with E-state index in [0.29, 0.717) is 21.8 Å². The number of aryl methyl sites for hydroxylation is 1. The first-order valence-corrected chi connectivity index (χ1v) is 7.61. The largest absolute Gasteiger partial charge is 0.415 e. The third-order valence-electron chi connectivity index (χ3n) is 3.48. The van der Waals surface area contributed by atoms with Crippen LogP contribution in [0.3, 0.4) is 0 Å². The van der Waals surface area contributed by atoms with Gasteiger partial charge in [-0.1, -0.05) is 23.2 Å². The first-order chi connectivity index (χ1) is 11.1. The minimum Gasteiger partial charge on any atom is -0.415 e. The first kappa shape index (κ1) is 14.2. The molecular formula is C16H10Cl2N4O. The zero-order valence-electron chi connectivity index (χ0n) is 12.0. The highest BCUT2D eigenvalue weighted by molar-refractivity contribution is 6.30. The number of aromatic nitrogens is 4. The van der Waals surface area contributed by atoms with Crippen LogP contribution in [0, 0.1) is 6.92 Å². The van der Waals surface area contributed by atoms with E-state index < -0.39 is 0 Å². The average molecular weight is 345 g/mol. The molecule has 0 radical (unpaired) electrons. The summed E-state index contributed by atoms with van der Waals surface area (Å²) >= 11 is 12.0. The van der Waals surface area contributed by atoms with Crippen LogP contribution in [-0.2, 0) is 0 Å². The van der Waals surface area contributed by atoms with Crippen molar-refractivity contribution in [1.29, 1.82) is 0 Å². The van der Waals surface area contributed by atoms with Gasteiger partial charge >= 0.3 is 0 Å². The Morgan fingerprint density at radius 3 is 2.39 bits per heavy atom. The Labute approximate surface area is 141 Å². The molecule has 4 aromatic rings. The van der Waals surface area contributed by atoms with Gasteiger partial charge in [0.15, 0.2) is 0 Å². The summed E-state index contributed by atoms with van der Waals surface area (Å²) in [6.07, 6.45) is 1.78. The predicted molar refractivity (Wildman–Crippen MR) is 88.7 cm³/mol. The summed E-state index contributed by atoms with van der Waals surface area (Å²) in [6, 6.07) is 10.9. The molecule has 0 aliphatic carbocycles. The molecule has 0 N–H and O–H groups in total. The SMILES string of the molecule is Cc1nc2ccc(Cl)cn2c1-c1nnc(-c2ccc(Cl)cc2)o1. The molecule has 114 valence electrons. The maximum Gasteiger partial charge on any atom is 0.266 e. The molecule has 23 heavy (non-hydrogen) atoms. The summed E-state index contributed by atoms with van der Waals surface area (Å²) in [5.74, 6) is 0.815. The number of pyridine rings is 1. The second-order valence-corrected chi connectivity index (χ2v) is 5.91. The number of fused-ring (bicyclic) bond motifs is 1. The van der Waals surface area contributed by atoms with Crippen molar-refractivity contribution in [2.45, 2.75) is 6.92 Å². The van der Waals surface area contributed by atoms with E-state index in [1.807, 2.05) is 29.5 Å². The standard InChI is InChI=1S/C16H10Cl2N4O/c1-9-14(22-8-12(18)6-7-13(22)19-9)16-21-20-15(23-16)10-2-4-11(17)5-3-10/h2-8H,1H3. The van der Waals surface area contributed by atoms with Crippen molar-refractivity contribution in [3.8, 4) is 23.0 Å². The fraction of sp³-hybridized carbons (Fsp3) is 0.0625. The Morgan fingerprint density at radius 1 is 0.913 bits per heavy atom. The highest BCUT2D eigenvalue weighted by atomic mass is 35.5. The van der Waals surface area contributed by atoms with Crippen LogP contribution in [0.25, 0.3) is 28.7 Å². The number of rotatable bonds is 2. The van der Waals surface area contributed by atoms with Crippen LogP contribution in [-0.4, -0.2) is 19.6 Å². The molecule has 0 bridgehead atoms. The summed E-state index contributed by atoms with van der Waals surface area (Å²) in [5.41, 5.74) is 3.10. The van der Waals surface area contributed by atoms with Crippen molar-refractivity contribution in [3.05, 3.63) is 58.3 Å². The Hall–Kier alpha value is -2.37. The van der Waals surface area contributed by atoms with Crippen LogP contribution in [0.4, 0.5) is 0 Å². The zero-order valence-corrected chi connectivity index (χ0v) is 13.5. The zero-order chi connectivity index (χ0) is 16.0. The van der Waals surface area contributed by atoms with E-state index in [1.165, 1.54) is 0 Å². The van der Waals surface area contributed by atoms with E-state index in [-0.39, 0.29) is 0 Å². The van der Waals surface area contributed by atoms with Crippen LogP contribution >= 0.6 is 23.2 Å². The topological polar surface area (TPSA) is 56.2 Å². The molecule has 0 spiro atoms. The molecule has 0 amide bonds. The summed E-state index contributed by atoms with van der Waals surface area (Å²) < 4.78 is 7.66. The molecule has 4 rings (SSSR count). The number of hydrogen-bond donors (Lipinski definition) is 0. The van der Waals surface area contributed by atoms with Gasteiger partial charge in [0.25, 0.3) is 5.89 Å². The van der Waals surface area contributed by atoms with E-state index in [9.17, 15) is 0 Å². The maximum absolute atomic E-state index is 6.08. The molecule has 0 saturated heterocycles. The molecule has 1 aromatic carbocycles. The number of benzene rings is 1. The molecule has 3 aromatic heterocycles. The summed E-state index contributed by atoms with van der Waals surface area (Å²) in [5, 5.41) is 9.51. The van der Waals surface area contributed by atoms with Crippen LogP contribution in [0.2, 0.25) is 10.0 Å². The summed E-state index contributed by atoms with van der Waals surface area (Å²) in [4.78, 5) is 4.48. The van der Waals surface area contributed by atoms with Gasteiger partial charge in [-0.15, -0.1) is 10.2 Å². The Balaban J connectivity index is 1.84. The Morgan fingerprint density at radius 2 is 1.61 bits per heavy atom. The molecule has 0 saturated carbocycles. The fourth-order valence-corrected chi connectivity index (χ4v) is 2.71. The lowest BCUT2D eigenvalue weighted by Gasteiger charge is -1.99. The van der Waals surface area contributed by atoms with E-state index in [1.54, 1.807) is 24.4 Å². The minimum absolute atomic E-state index is 0.391. The third-order valence-corrected chi connectivity index (χ3v) is 3.95. The van der Waals surface area contributed by atoms with Crippen LogP contribution in [0.15, 0.2) is 47.0 Å². The van der Waals surface area contributed by atoms with Crippen molar-refractivity contribution < 1.29 is 4.42 Å². The van der Waals surface area contributed by atoms with Gasteiger partial charge in [-0.25, -0.2) is 4.98 Å². The molecular weight excluding hydrogens is 335 g/mol. The number of halogens is 2. The Bertz CT molecular complexity index is 1000. The summed E-state index contributed by atoms with van der Waals surface area (Å²) in [7, 11) is 0. The number of nitrogens with zero attached hydrogens (tertiary/aromatic N) is 4. The third kappa shape index (κ3) is 2.48.